The molecular weight excluding hydrogens is 364 g/mol. The van der Waals surface area contributed by atoms with Gasteiger partial charge < -0.3 is 24.5 Å². The van der Waals surface area contributed by atoms with Gasteiger partial charge in [0.2, 0.25) is 17.6 Å². The van der Waals surface area contributed by atoms with E-state index in [-0.39, 0.29) is 12.1 Å². The third-order valence-electron chi connectivity index (χ3n) is 3.98. The van der Waals surface area contributed by atoms with Crippen molar-refractivity contribution in [2.24, 2.45) is 0 Å². The second-order valence-corrected chi connectivity index (χ2v) is 5.75. The molecule has 0 aliphatic heterocycles. The molecule has 0 radical (unpaired) electrons. The van der Waals surface area contributed by atoms with Crippen molar-refractivity contribution in [1.29, 1.82) is 0 Å². The summed E-state index contributed by atoms with van der Waals surface area (Å²) in [6.07, 6.45) is 0. The third kappa shape index (κ3) is 3.98. The maximum Gasteiger partial charge on any atom is 0.251 e. The van der Waals surface area contributed by atoms with Crippen LogP contribution in [-0.2, 0) is 4.79 Å². The van der Waals surface area contributed by atoms with E-state index < -0.39 is 11.8 Å². The number of hydrogen-bond acceptors (Lipinski definition) is 6. The molecule has 0 spiro atoms. The minimum absolute atomic E-state index is 0.230. The number of carbonyl (C=O) groups is 2. The van der Waals surface area contributed by atoms with Gasteiger partial charge in [0, 0.05) is 5.56 Å². The van der Waals surface area contributed by atoms with Gasteiger partial charge in [-0.2, -0.15) is 0 Å². The molecule has 1 heterocycles. The quantitative estimate of drug-likeness (QED) is 0.574. The van der Waals surface area contributed by atoms with Crippen molar-refractivity contribution in [3.05, 3.63) is 42.0 Å². The van der Waals surface area contributed by atoms with Crippen molar-refractivity contribution in [1.82, 2.24) is 15.3 Å². The summed E-state index contributed by atoms with van der Waals surface area (Å²) < 4.78 is 15.7. The first kappa shape index (κ1) is 19.0. The monoisotopic (exact) mass is 384 g/mol. The zero-order valence-electron chi connectivity index (χ0n) is 15.7. The predicted octanol–water partition coefficient (Wildman–Crippen LogP) is 1.96. The number of benzene rings is 2. The number of anilines is 1. The number of hydrogen-bond donors (Lipinski definition) is 3. The molecule has 9 nitrogen and oxygen atoms in total. The zero-order valence-corrected chi connectivity index (χ0v) is 15.7. The highest BCUT2D eigenvalue weighted by Gasteiger charge is 2.17. The highest BCUT2D eigenvalue weighted by Crippen LogP contribution is 2.38. The molecule has 2 aromatic carbocycles. The number of aromatic nitrogens is 2. The number of aromatic amines is 1. The smallest absolute Gasteiger partial charge is 0.251 e. The molecule has 3 rings (SSSR count). The molecule has 0 saturated carbocycles. The van der Waals surface area contributed by atoms with E-state index >= 15 is 0 Å². The number of nitrogens with one attached hydrogen (secondary N) is 3. The van der Waals surface area contributed by atoms with E-state index in [1.54, 1.807) is 0 Å². The Labute approximate surface area is 161 Å². The molecule has 146 valence electrons. The number of H-pyrrole nitrogens is 1. The van der Waals surface area contributed by atoms with Gasteiger partial charge in [-0.15, -0.1) is 0 Å². The van der Waals surface area contributed by atoms with Crippen LogP contribution in [-0.4, -0.2) is 49.7 Å². The van der Waals surface area contributed by atoms with Gasteiger partial charge in [-0.1, -0.05) is 12.1 Å². The molecule has 0 aliphatic rings. The van der Waals surface area contributed by atoms with Crippen molar-refractivity contribution in [3.8, 4) is 17.2 Å². The van der Waals surface area contributed by atoms with Gasteiger partial charge in [-0.05, 0) is 24.3 Å². The summed E-state index contributed by atoms with van der Waals surface area (Å²) in [5.41, 5.74) is 1.81. The van der Waals surface area contributed by atoms with E-state index in [0.717, 1.165) is 11.0 Å². The van der Waals surface area contributed by atoms with Crippen LogP contribution in [0.2, 0.25) is 0 Å². The van der Waals surface area contributed by atoms with Crippen LogP contribution in [0, 0.1) is 0 Å². The van der Waals surface area contributed by atoms with Crippen molar-refractivity contribution >= 4 is 28.8 Å². The van der Waals surface area contributed by atoms with E-state index in [1.807, 2.05) is 24.3 Å². The molecule has 1 aromatic heterocycles. The molecule has 0 saturated heterocycles. The van der Waals surface area contributed by atoms with Gasteiger partial charge in [-0.25, -0.2) is 4.98 Å². The highest BCUT2D eigenvalue weighted by molar-refractivity contribution is 6.00. The fraction of sp³-hybridized carbons (Fsp3) is 0.211. The number of amides is 2. The average Bonchev–Trinajstić information content (AvgIpc) is 3.12. The van der Waals surface area contributed by atoms with E-state index in [2.05, 4.69) is 20.6 Å². The van der Waals surface area contributed by atoms with E-state index in [1.165, 1.54) is 33.5 Å². The third-order valence-corrected chi connectivity index (χ3v) is 3.98. The van der Waals surface area contributed by atoms with Crippen LogP contribution in [0.3, 0.4) is 0 Å². The van der Waals surface area contributed by atoms with Crippen LogP contribution < -0.4 is 24.8 Å². The van der Waals surface area contributed by atoms with E-state index in [0.29, 0.717) is 23.2 Å². The number of ether oxygens (including phenoxy) is 3. The maximum absolute atomic E-state index is 12.4. The molecule has 9 heteroatoms. The Bertz CT molecular complexity index is 956. The lowest BCUT2D eigenvalue weighted by Crippen LogP contribution is -2.33. The first-order valence-corrected chi connectivity index (χ1v) is 8.38. The first-order valence-electron chi connectivity index (χ1n) is 8.38. The molecule has 0 bridgehead atoms. The van der Waals surface area contributed by atoms with Crippen LogP contribution in [0.15, 0.2) is 36.4 Å². The fourth-order valence-electron chi connectivity index (χ4n) is 2.66. The summed E-state index contributed by atoms with van der Waals surface area (Å²) in [5, 5.41) is 5.16. The van der Waals surface area contributed by atoms with Crippen molar-refractivity contribution in [2.45, 2.75) is 0 Å². The van der Waals surface area contributed by atoms with Crippen molar-refractivity contribution in [3.63, 3.8) is 0 Å². The van der Waals surface area contributed by atoms with Crippen molar-refractivity contribution < 1.29 is 23.8 Å². The summed E-state index contributed by atoms with van der Waals surface area (Å²) in [6.45, 7) is -0.230. The van der Waals surface area contributed by atoms with Crippen LogP contribution in [0.5, 0.6) is 17.2 Å². The summed E-state index contributed by atoms with van der Waals surface area (Å²) in [7, 11) is 4.39. The second kappa shape index (κ2) is 8.30. The average molecular weight is 384 g/mol. The SMILES string of the molecule is COc1cc(C(=O)NCC(=O)Nc2nc3ccccc3[nH]2)cc(OC)c1OC. The van der Waals surface area contributed by atoms with Gasteiger partial charge in [0.1, 0.15) is 0 Å². The Morgan fingerprint density at radius 3 is 2.32 bits per heavy atom. The summed E-state index contributed by atoms with van der Waals surface area (Å²) in [6, 6.07) is 10.4. The normalized spacial score (nSPS) is 10.4. The first-order chi connectivity index (χ1) is 13.5. The van der Waals surface area contributed by atoms with Crippen LogP contribution in [0.4, 0.5) is 5.95 Å². The topological polar surface area (TPSA) is 115 Å². The zero-order chi connectivity index (χ0) is 20.1. The molecule has 0 atom stereocenters. The Kier molecular flexibility index (Phi) is 5.64. The number of rotatable bonds is 7. The number of fused-ring (bicyclic) bond motifs is 1. The van der Waals surface area contributed by atoms with Crippen LogP contribution in [0.25, 0.3) is 11.0 Å². The summed E-state index contributed by atoms with van der Waals surface area (Å²) >= 11 is 0. The number of nitrogens with zero attached hydrogens (tertiary/aromatic N) is 1. The van der Waals surface area contributed by atoms with Crippen molar-refractivity contribution in [2.75, 3.05) is 33.2 Å². The molecule has 0 fully saturated rings. The Morgan fingerprint density at radius 2 is 1.71 bits per heavy atom. The Morgan fingerprint density at radius 1 is 1.04 bits per heavy atom. The largest absolute Gasteiger partial charge is 0.493 e. The molecule has 2 amide bonds. The van der Waals surface area contributed by atoms with E-state index in [9.17, 15) is 9.59 Å². The molecule has 0 unspecified atom stereocenters. The lowest BCUT2D eigenvalue weighted by molar-refractivity contribution is -0.115. The minimum Gasteiger partial charge on any atom is -0.493 e. The summed E-state index contributed by atoms with van der Waals surface area (Å²) in [4.78, 5) is 31.8. The van der Waals surface area contributed by atoms with Gasteiger partial charge in [0.05, 0.1) is 38.9 Å². The second-order valence-electron chi connectivity index (χ2n) is 5.75. The number of methoxy groups -OCH3 is 3. The molecule has 0 aliphatic carbocycles. The molecule has 3 N–H and O–H groups in total. The lowest BCUT2D eigenvalue weighted by Gasteiger charge is -2.14. The number of carbonyl (C=O) groups excluding carboxylic acids is 2. The maximum atomic E-state index is 12.4. The summed E-state index contributed by atoms with van der Waals surface area (Å²) in [5.74, 6) is 0.508. The molecule has 28 heavy (non-hydrogen) atoms. The standard InChI is InChI=1S/C19H20N4O5/c1-26-14-8-11(9-15(27-2)17(14)28-3)18(25)20-10-16(24)23-19-21-12-6-4-5-7-13(12)22-19/h4-9H,10H2,1-3H3,(H,20,25)(H2,21,22,23,24). The molecular formula is C19H20N4O5. The van der Waals surface area contributed by atoms with Crippen LogP contribution >= 0.6 is 0 Å². The van der Waals surface area contributed by atoms with E-state index in [4.69, 9.17) is 14.2 Å². The van der Waals surface area contributed by atoms with Gasteiger partial charge in [-0.3, -0.25) is 14.9 Å². The highest BCUT2D eigenvalue weighted by atomic mass is 16.5. The van der Waals surface area contributed by atoms with Gasteiger partial charge in [0.25, 0.3) is 5.91 Å². The lowest BCUT2D eigenvalue weighted by atomic mass is 10.1. The number of imidazole rings is 1. The van der Waals surface area contributed by atoms with Gasteiger partial charge in [0.15, 0.2) is 11.5 Å². The Hall–Kier alpha value is -3.75. The predicted molar refractivity (Wildman–Crippen MR) is 103 cm³/mol. The Balaban J connectivity index is 1.65. The minimum atomic E-state index is -0.459. The molecule has 3 aromatic rings. The van der Waals surface area contributed by atoms with Gasteiger partial charge >= 0.3 is 0 Å². The number of para-hydroxylation sites is 2. The van der Waals surface area contributed by atoms with Crippen LogP contribution in [0.1, 0.15) is 10.4 Å². The fourth-order valence-corrected chi connectivity index (χ4v) is 2.66.